The fourth-order valence-electron chi connectivity index (χ4n) is 2.20. The van der Waals surface area contributed by atoms with Crippen molar-refractivity contribution < 1.29 is 14.3 Å². The maximum atomic E-state index is 11.9. The molecule has 6 heteroatoms. The van der Waals surface area contributed by atoms with Crippen LogP contribution < -0.4 is 20.1 Å². The van der Waals surface area contributed by atoms with Crippen LogP contribution in [0.1, 0.15) is 24.1 Å². The Bertz CT molecular complexity index is 661. The highest BCUT2D eigenvalue weighted by molar-refractivity contribution is 5.74. The second-order valence-electron chi connectivity index (χ2n) is 5.02. The van der Waals surface area contributed by atoms with Gasteiger partial charge in [0.1, 0.15) is 0 Å². The first-order valence-electron chi connectivity index (χ1n) is 7.05. The number of urea groups is 1. The van der Waals surface area contributed by atoms with Crippen LogP contribution in [0.5, 0.6) is 11.5 Å². The van der Waals surface area contributed by atoms with Gasteiger partial charge in [0.2, 0.25) is 6.79 Å². The second kappa shape index (κ2) is 6.34. The molecule has 6 nitrogen and oxygen atoms in total. The van der Waals surface area contributed by atoms with E-state index in [9.17, 15) is 4.79 Å². The van der Waals surface area contributed by atoms with Gasteiger partial charge in [0.15, 0.2) is 11.5 Å². The van der Waals surface area contributed by atoms with E-state index in [2.05, 4.69) is 15.6 Å². The minimum atomic E-state index is -0.228. The Morgan fingerprint density at radius 2 is 2.18 bits per heavy atom. The number of rotatable bonds is 4. The van der Waals surface area contributed by atoms with Gasteiger partial charge in [0.05, 0.1) is 6.04 Å². The zero-order valence-electron chi connectivity index (χ0n) is 12.2. The van der Waals surface area contributed by atoms with Gasteiger partial charge < -0.3 is 20.1 Å². The van der Waals surface area contributed by atoms with E-state index in [0.29, 0.717) is 12.3 Å². The second-order valence-corrected chi connectivity index (χ2v) is 5.02. The summed E-state index contributed by atoms with van der Waals surface area (Å²) in [4.78, 5) is 16.0. The number of pyridine rings is 1. The van der Waals surface area contributed by atoms with Gasteiger partial charge in [-0.3, -0.25) is 4.98 Å². The van der Waals surface area contributed by atoms with E-state index in [1.54, 1.807) is 12.4 Å². The number of aromatic nitrogens is 1. The molecule has 1 aromatic heterocycles. The molecule has 22 heavy (non-hydrogen) atoms. The average molecular weight is 299 g/mol. The number of hydrogen-bond donors (Lipinski definition) is 2. The molecule has 2 heterocycles. The molecule has 1 aliphatic heterocycles. The number of ether oxygens (including phenoxy) is 2. The van der Waals surface area contributed by atoms with Crippen molar-refractivity contribution in [2.24, 2.45) is 0 Å². The van der Waals surface area contributed by atoms with Gasteiger partial charge in [-0.15, -0.1) is 0 Å². The molecule has 1 aromatic carbocycles. The summed E-state index contributed by atoms with van der Waals surface area (Å²) in [6.07, 6.45) is 3.44. The largest absolute Gasteiger partial charge is 0.454 e. The quantitative estimate of drug-likeness (QED) is 0.909. The summed E-state index contributed by atoms with van der Waals surface area (Å²) in [6.45, 7) is 2.58. The summed E-state index contributed by atoms with van der Waals surface area (Å²) in [7, 11) is 0. The van der Waals surface area contributed by atoms with Crippen molar-refractivity contribution in [3.63, 3.8) is 0 Å². The molecule has 0 fully saturated rings. The number of carbonyl (C=O) groups excluding carboxylic acids is 1. The number of carbonyl (C=O) groups is 1. The van der Waals surface area contributed by atoms with Gasteiger partial charge in [0, 0.05) is 18.9 Å². The Morgan fingerprint density at radius 1 is 1.32 bits per heavy atom. The molecule has 2 aromatic rings. The molecule has 2 N–H and O–H groups in total. The highest BCUT2D eigenvalue weighted by Gasteiger charge is 2.14. The molecule has 0 saturated carbocycles. The van der Waals surface area contributed by atoms with Gasteiger partial charge in [0.25, 0.3) is 0 Å². The van der Waals surface area contributed by atoms with Crippen LogP contribution >= 0.6 is 0 Å². The topological polar surface area (TPSA) is 72.5 Å². The van der Waals surface area contributed by atoms with Crippen LogP contribution in [0.2, 0.25) is 0 Å². The van der Waals surface area contributed by atoms with E-state index in [1.807, 2.05) is 37.3 Å². The number of hydrogen-bond acceptors (Lipinski definition) is 4. The highest BCUT2D eigenvalue weighted by Crippen LogP contribution is 2.32. The van der Waals surface area contributed by atoms with E-state index < -0.39 is 0 Å². The zero-order valence-corrected chi connectivity index (χ0v) is 12.2. The molecule has 114 valence electrons. The summed E-state index contributed by atoms with van der Waals surface area (Å²) < 4.78 is 10.6. The van der Waals surface area contributed by atoms with Crippen LogP contribution in [0.25, 0.3) is 0 Å². The van der Waals surface area contributed by atoms with Crippen molar-refractivity contribution in [3.8, 4) is 11.5 Å². The van der Waals surface area contributed by atoms with Crippen LogP contribution in [0.15, 0.2) is 42.7 Å². The molecule has 1 aliphatic rings. The van der Waals surface area contributed by atoms with Crippen molar-refractivity contribution in [3.05, 3.63) is 53.9 Å². The van der Waals surface area contributed by atoms with Crippen molar-refractivity contribution in [1.29, 1.82) is 0 Å². The maximum absolute atomic E-state index is 11.9. The van der Waals surface area contributed by atoms with E-state index >= 15 is 0 Å². The Balaban J connectivity index is 1.52. The Morgan fingerprint density at radius 3 is 3.00 bits per heavy atom. The third-order valence-corrected chi connectivity index (χ3v) is 3.42. The molecule has 1 atom stereocenters. The number of nitrogens with zero attached hydrogens (tertiary/aromatic N) is 1. The molecular formula is C16H17N3O3. The highest BCUT2D eigenvalue weighted by atomic mass is 16.7. The standard InChI is InChI=1S/C16H17N3O3/c1-11(13-3-2-6-17-9-13)19-16(20)18-8-12-4-5-14-15(7-12)22-10-21-14/h2-7,9,11H,8,10H2,1H3,(H2,18,19,20)/t11-/m1/s1. The number of nitrogens with one attached hydrogen (secondary N) is 2. The predicted octanol–water partition coefficient (Wildman–Crippen LogP) is 2.37. The lowest BCUT2D eigenvalue weighted by molar-refractivity contribution is 0.174. The lowest BCUT2D eigenvalue weighted by Crippen LogP contribution is -2.36. The van der Waals surface area contributed by atoms with Gasteiger partial charge >= 0.3 is 6.03 Å². The van der Waals surface area contributed by atoms with Crippen LogP contribution in [-0.2, 0) is 6.54 Å². The Hall–Kier alpha value is -2.76. The summed E-state index contributed by atoms with van der Waals surface area (Å²) in [6, 6.07) is 9.05. The molecular weight excluding hydrogens is 282 g/mol. The number of fused-ring (bicyclic) bond motifs is 1. The smallest absolute Gasteiger partial charge is 0.315 e. The molecule has 0 saturated heterocycles. The number of amides is 2. The molecule has 0 spiro atoms. The lowest BCUT2D eigenvalue weighted by Gasteiger charge is -2.14. The SMILES string of the molecule is C[C@@H](NC(=O)NCc1ccc2c(c1)OCO2)c1cccnc1. The first-order chi connectivity index (χ1) is 10.7. The average Bonchev–Trinajstić information content (AvgIpc) is 3.01. The van der Waals surface area contributed by atoms with Gasteiger partial charge in [-0.2, -0.15) is 0 Å². The minimum Gasteiger partial charge on any atom is -0.454 e. The summed E-state index contributed by atoms with van der Waals surface area (Å²) in [5.74, 6) is 1.45. The zero-order chi connectivity index (χ0) is 15.4. The van der Waals surface area contributed by atoms with Gasteiger partial charge in [-0.05, 0) is 36.2 Å². The Labute approximate surface area is 128 Å². The molecule has 0 radical (unpaired) electrons. The van der Waals surface area contributed by atoms with Gasteiger partial charge in [-0.1, -0.05) is 12.1 Å². The third-order valence-electron chi connectivity index (χ3n) is 3.42. The fraction of sp³-hybridized carbons (Fsp3) is 0.250. The van der Waals surface area contributed by atoms with Gasteiger partial charge in [-0.25, -0.2) is 4.79 Å². The molecule has 3 rings (SSSR count). The molecule has 2 amide bonds. The van der Waals surface area contributed by atoms with Crippen LogP contribution in [0.4, 0.5) is 4.79 Å². The minimum absolute atomic E-state index is 0.106. The summed E-state index contributed by atoms with van der Waals surface area (Å²) >= 11 is 0. The van der Waals surface area contributed by atoms with E-state index in [-0.39, 0.29) is 18.9 Å². The van der Waals surface area contributed by atoms with Crippen LogP contribution in [-0.4, -0.2) is 17.8 Å². The molecule has 0 aliphatic carbocycles. The van der Waals surface area contributed by atoms with Crippen molar-refractivity contribution >= 4 is 6.03 Å². The summed E-state index contributed by atoms with van der Waals surface area (Å²) in [5, 5.41) is 5.70. The van der Waals surface area contributed by atoms with E-state index in [0.717, 1.165) is 16.9 Å². The first-order valence-corrected chi connectivity index (χ1v) is 7.05. The molecule has 0 bridgehead atoms. The van der Waals surface area contributed by atoms with Crippen LogP contribution in [0, 0.1) is 0 Å². The predicted molar refractivity (Wildman–Crippen MR) is 80.6 cm³/mol. The lowest BCUT2D eigenvalue weighted by atomic mass is 10.1. The summed E-state index contributed by atoms with van der Waals surface area (Å²) in [5.41, 5.74) is 1.91. The Kier molecular flexibility index (Phi) is 4.09. The fourth-order valence-corrected chi connectivity index (χ4v) is 2.20. The number of benzene rings is 1. The van der Waals surface area contributed by atoms with E-state index in [4.69, 9.17) is 9.47 Å². The van der Waals surface area contributed by atoms with E-state index in [1.165, 1.54) is 0 Å². The molecule has 0 unspecified atom stereocenters. The normalized spacial score (nSPS) is 13.5. The van der Waals surface area contributed by atoms with Crippen LogP contribution in [0.3, 0.4) is 0 Å². The van der Waals surface area contributed by atoms with Crippen molar-refractivity contribution in [2.75, 3.05) is 6.79 Å². The van der Waals surface area contributed by atoms with Crippen molar-refractivity contribution in [2.45, 2.75) is 19.5 Å². The first kappa shape index (κ1) is 14.2. The maximum Gasteiger partial charge on any atom is 0.315 e. The van der Waals surface area contributed by atoms with Crippen molar-refractivity contribution in [1.82, 2.24) is 15.6 Å². The monoisotopic (exact) mass is 299 g/mol. The third kappa shape index (κ3) is 3.28.